The predicted molar refractivity (Wildman–Crippen MR) is 92.7 cm³/mol. The molecular formula is C18H26N2S. The van der Waals surface area contributed by atoms with Gasteiger partial charge in [0.2, 0.25) is 0 Å². The summed E-state index contributed by atoms with van der Waals surface area (Å²) in [5.74, 6) is 0. The molecule has 0 saturated carbocycles. The van der Waals surface area contributed by atoms with Crippen molar-refractivity contribution < 1.29 is 0 Å². The van der Waals surface area contributed by atoms with Gasteiger partial charge in [-0.15, -0.1) is 11.3 Å². The Bertz CT molecular complexity index is 565. The van der Waals surface area contributed by atoms with Crippen molar-refractivity contribution in [2.24, 2.45) is 5.41 Å². The molecular weight excluding hydrogens is 276 g/mol. The van der Waals surface area contributed by atoms with E-state index in [1.165, 1.54) is 21.1 Å². The largest absolute Gasteiger partial charge is 0.309 e. The molecule has 1 aromatic carbocycles. The Kier molecular flexibility index (Phi) is 5.17. The van der Waals surface area contributed by atoms with E-state index in [9.17, 15) is 0 Å². The fourth-order valence-electron chi connectivity index (χ4n) is 2.17. The molecule has 1 N–H and O–H groups in total. The van der Waals surface area contributed by atoms with E-state index in [4.69, 9.17) is 4.98 Å². The Morgan fingerprint density at radius 2 is 1.81 bits per heavy atom. The number of aromatic nitrogens is 1. The van der Waals surface area contributed by atoms with Gasteiger partial charge in [0.25, 0.3) is 0 Å². The standard InChI is InChI=1S/C18H26N2S/c1-13(2)19-12-15-17(14-9-7-6-8-10-14)21-16(20-15)11-18(3,4)5/h6-10,13,19H,11-12H2,1-5H3. The van der Waals surface area contributed by atoms with Crippen LogP contribution in [-0.2, 0) is 13.0 Å². The summed E-state index contributed by atoms with van der Waals surface area (Å²) < 4.78 is 0. The van der Waals surface area contributed by atoms with Crippen molar-refractivity contribution >= 4 is 11.3 Å². The Morgan fingerprint density at radius 3 is 2.38 bits per heavy atom. The second-order valence-electron chi connectivity index (χ2n) is 7.02. The number of thiazole rings is 1. The van der Waals surface area contributed by atoms with Gasteiger partial charge in [-0.2, -0.15) is 0 Å². The summed E-state index contributed by atoms with van der Waals surface area (Å²) in [6.45, 7) is 12.0. The third-order valence-corrected chi connectivity index (χ3v) is 4.28. The number of nitrogens with one attached hydrogen (secondary N) is 1. The van der Waals surface area contributed by atoms with E-state index < -0.39 is 0 Å². The minimum absolute atomic E-state index is 0.272. The molecule has 0 aliphatic heterocycles. The highest BCUT2D eigenvalue weighted by molar-refractivity contribution is 7.15. The van der Waals surface area contributed by atoms with Crippen molar-refractivity contribution in [1.82, 2.24) is 10.3 Å². The highest BCUT2D eigenvalue weighted by Crippen LogP contribution is 2.33. The Labute approximate surface area is 132 Å². The maximum absolute atomic E-state index is 4.90. The van der Waals surface area contributed by atoms with Crippen LogP contribution < -0.4 is 5.32 Å². The molecule has 0 aliphatic rings. The second-order valence-corrected chi connectivity index (χ2v) is 8.11. The van der Waals surface area contributed by atoms with Crippen molar-refractivity contribution in [3.63, 3.8) is 0 Å². The van der Waals surface area contributed by atoms with E-state index in [0.29, 0.717) is 6.04 Å². The highest BCUT2D eigenvalue weighted by atomic mass is 32.1. The molecule has 0 fully saturated rings. The second kappa shape index (κ2) is 6.71. The first-order valence-electron chi connectivity index (χ1n) is 7.62. The molecule has 0 aliphatic carbocycles. The minimum Gasteiger partial charge on any atom is -0.309 e. The first-order valence-corrected chi connectivity index (χ1v) is 8.44. The summed E-state index contributed by atoms with van der Waals surface area (Å²) in [4.78, 5) is 6.21. The molecule has 2 aromatic rings. The third-order valence-electron chi connectivity index (χ3n) is 3.14. The zero-order chi connectivity index (χ0) is 15.5. The Balaban J connectivity index is 2.31. The smallest absolute Gasteiger partial charge is 0.0940 e. The number of benzene rings is 1. The summed E-state index contributed by atoms with van der Waals surface area (Å²) in [7, 11) is 0. The maximum atomic E-state index is 4.90. The summed E-state index contributed by atoms with van der Waals surface area (Å²) in [5, 5.41) is 4.73. The number of hydrogen-bond acceptors (Lipinski definition) is 3. The molecule has 0 atom stereocenters. The number of hydrogen-bond donors (Lipinski definition) is 1. The lowest BCUT2D eigenvalue weighted by atomic mass is 9.93. The SMILES string of the molecule is CC(C)NCc1nc(CC(C)(C)C)sc1-c1ccccc1. The van der Waals surface area contributed by atoms with Gasteiger partial charge in [-0.25, -0.2) is 4.98 Å². The molecule has 2 rings (SSSR count). The lowest BCUT2D eigenvalue weighted by molar-refractivity contribution is 0.410. The van der Waals surface area contributed by atoms with E-state index in [-0.39, 0.29) is 5.41 Å². The highest BCUT2D eigenvalue weighted by Gasteiger charge is 2.18. The van der Waals surface area contributed by atoms with Gasteiger partial charge in [0.05, 0.1) is 15.6 Å². The van der Waals surface area contributed by atoms with Crippen molar-refractivity contribution in [3.05, 3.63) is 41.0 Å². The number of rotatable bonds is 5. The number of nitrogens with zero attached hydrogens (tertiary/aromatic N) is 1. The topological polar surface area (TPSA) is 24.9 Å². The molecule has 1 heterocycles. The average molecular weight is 302 g/mol. The minimum atomic E-state index is 0.272. The van der Waals surface area contributed by atoms with Crippen LogP contribution >= 0.6 is 11.3 Å². The van der Waals surface area contributed by atoms with Crippen LogP contribution in [0.1, 0.15) is 45.3 Å². The maximum Gasteiger partial charge on any atom is 0.0940 e. The fraction of sp³-hybridized carbons (Fsp3) is 0.500. The van der Waals surface area contributed by atoms with Crippen LogP contribution in [0.4, 0.5) is 0 Å². The molecule has 0 bridgehead atoms. The monoisotopic (exact) mass is 302 g/mol. The average Bonchev–Trinajstić information content (AvgIpc) is 2.78. The van der Waals surface area contributed by atoms with Gasteiger partial charge in [0.1, 0.15) is 0 Å². The van der Waals surface area contributed by atoms with Crippen LogP contribution in [0.5, 0.6) is 0 Å². The molecule has 0 unspecified atom stereocenters. The molecule has 0 saturated heterocycles. The third kappa shape index (κ3) is 4.94. The van der Waals surface area contributed by atoms with Crippen molar-refractivity contribution in [2.75, 3.05) is 0 Å². The molecule has 21 heavy (non-hydrogen) atoms. The van der Waals surface area contributed by atoms with Gasteiger partial charge in [0.15, 0.2) is 0 Å². The molecule has 0 spiro atoms. The lowest BCUT2D eigenvalue weighted by Crippen LogP contribution is -2.22. The summed E-state index contributed by atoms with van der Waals surface area (Å²) in [6, 6.07) is 11.1. The van der Waals surface area contributed by atoms with Crippen LogP contribution in [0.15, 0.2) is 30.3 Å². The van der Waals surface area contributed by atoms with E-state index in [0.717, 1.165) is 13.0 Å². The molecule has 2 nitrogen and oxygen atoms in total. The van der Waals surface area contributed by atoms with Gasteiger partial charge < -0.3 is 5.32 Å². The van der Waals surface area contributed by atoms with E-state index in [2.05, 4.69) is 70.3 Å². The van der Waals surface area contributed by atoms with Crippen molar-refractivity contribution in [3.8, 4) is 10.4 Å². The van der Waals surface area contributed by atoms with Crippen LogP contribution in [0, 0.1) is 5.41 Å². The quantitative estimate of drug-likeness (QED) is 0.850. The Morgan fingerprint density at radius 1 is 1.14 bits per heavy atom. The van der Waals surface area contributed by atoms with Crippen LogP contribution in [0.25, 0.3) is 10.4 Å². The Hall–Kier alpha value is -1.19. The van der Waals surface area contributed by atoms with Crippen LogP contribution in [0.2, 0.25) is 0 Å². The van der Waals surface area contributed by atoms with E-state index in [1.54, 1.807) is 0 Å². The van der Waals surface area contributed by atoms with E-state index >= 15 is 0 Å². The van der Waals surface area contributed by atoms with Gasteiger partial charge in [-0.05, 0) is 11.0 Å². The summed E-state index contributed by atoms with van der Waals surface area (Å²) >= 11 is 1.84. The lowest BCUT2D eigenvalue weighted by Gasteiger charge is -2.15. The van der Waals surface area contributed by atoms with Gasteiger partial charge >= 0.3 is 0 Å². The summed E-state index contributed by atoms with van der Waals surface area (Å²) in [5.41, 5.74) is 2.73. The molecule has 3 heteroatoms. The van der Waals surface area contributed by atoms with Crippen LogP contribution in [-0.4, -0.2) is 11.0 Å². The van der Waals surface area contributed by atoms with Gasteiger partial charge in [-0.3, -0.25) is 0 Å². The summed E-state index contributed by atoms with van der Waals surface area (Å²) in [6.07, 6.45) is 1.03. The van der Waals surface area contributed by atoms with Crippen LogP contribution in [0.3, 0.4) is 0 Å². The molecule has 114 valence electrons. The van der Waals surface area contributed by atoms with E-state index in [1.807, 2.05) is 11.3 Å². The zero-order valence-corrected chi connectivity index (χ0v) is 14.6. The predicted octanol–water partition coefficient (Wildman–Crippen LogP) is 4.90. The molecule has 0 amide bonds. The van der Waals surface area contributed by atoms with Gasteiger partial charge in [-0.1, -0.05) is 65.0 Å². The molecule has 1 aromatic heterocycles. The fourth-order valence-corrected chi connectivity index (χ4v) is 3.55. The van der Waals surface area contributed by atoms with Crippen molar-refractivity contribution in [2.45, 2.75) is 53.6 Å². The zero-order valence-electron chi connectivity index (χ0n) is 13.7. The first kappa shape index (κ1) is 16.2. The molecule has 0 radical (unpaired) electrons. The normalized spacial score (nSPS) is 12.1. The first-order chi connectivity index (χ1) is 9.85. The van der Waals surface area contributed by atoms with Crippen molar-refractivity contribution in [1.29, 1.82) is 0 Å². The van der Waals surface area contributed by atoms with Gasteiger partial charge in [0, 0.05) is 19.0 Å².